The normalized spacial score (nSPS) is 19.4. The zero-order valence-corrected chi connectivity index (χ0v) is 26.7. The Morgan fingerprint density at radius 3 is 2.37 bits per heavy atom. The van der Waals surface area contributed by atoms with Crippen LogP contribution in [0.1, 0.15) is 27.4 Å². The Bertz CT molecular complexity index is 1680. The Labute approximate surface area is 272 Å². The number of amides is 3. The van der Waals surface area contributed by atoms with Gasteiger partial charge in [-0.15, -0.1) is 0 Å². The number of imidazole rings is 1. The van der Waals surface area contributed by atoms with Gasteiger partial charge in [-0.1, -0.05) is 23.2 Å². The summed E-state index contributed by atoms with van der Waals surface area (Å²) in [5, 5.41) is 12.3. The minimum absolute atomic E-state index is 0.0285. The van der Waals surface area contributed by atoms with Crippen LogP contribution >= 0.6 is 23.2 Å². The first-order valence-electron chi connectivity index (χ1n) is 14.3. The van der Waals surface area contributed by atoms with Gasteiger partial charge in [-0.05, 0) is 30.3 Å². The molecule has 0 aliphatic carbocycles. The quantitative estimate of drug-likeness (QED) is 0.365. The summed E-state index contributed by atoms with van der Waals surface area (Å²) in [6, 6.07) is 6.38. The minimum Gasteiger partial charge on any atom is -0.432 e. The predicted octanol–water partition coefficient (Wildman–Crippen LogP) is 3.88. The number of carbonyl (C=O) groups excluding carboxylic acids is 3. The van der Waals surface area contributed by atoms with E-state index in [2.05, 4.69) is 15.0 Å². The van der Waals surface area contributed by atoms with Gasteiger partial charge in [0.15, 0.2) is 23.4 Å². The molecule has 2 atom stereocenters. The fraction of sp³-hybridized carbons (Fsp3) is 0.400. The van der Waals surface area contributed by atoms with Crippen molar-refractivity contribution in [3.05, 3.63) is 63.8 Å². The van der Waals surface area contributed by atoms with Crippen LogP contribution in [0.25, 0.3) is 11.3 Å². The molecule has 2 aromatic carbocycles. The molecule has 11 nitrogen and oxygen atoms in total. The second kappa shape index (κ2) is 13.1. The first-order valence-corrected chi connectivity index (χ1v) is 15.1. The molecule has 3 heterocycles. The fourth-order valence-electron chi connectivity index (χ4n) is 5.94. The number of benzene rings is 2. The molecular formula is C30H32Cl2F3N6O5+. The maximum atomic E-state index is 14.5. The van der Waals surface area contributed by atoms with Crippen LogP contribution in [0.3, 0.4) is 0 Å². The van der Waals surface area contributed by atoms with E-state index >= 15 is 0 Å². The molecule has 16 heteroatoms. The Morgan fingerprint density at radius 2 is 1.76 bits per heavy atom. The number of aliphatic hydroxyl groups excluding tert-OH is 1. The van der Waals surface area contributed by atoms with Gasteiger partial charge >= 0.3 is 6.61 Å². The summed E-state index contributed by atoms with van der Waals surface area (Å²) in [5.74, 6) is -2.96. The molecule has 46 heavy (non-hydrogen) atoms. The second-order valence-corrected chi connectivity index (χ2v) is 12.6. The number of hydrogen-bond donors (Lipinski definition) is 2. The maximum absolute atomic E-state index is 14.5. The van der Waals surface area contributed by atoms with E-state index in [1.807, 2.05) is 14.1 Å². The maximum Gasteiger partial charge on any atom is 0.387 e. The summed E-state index contributed by atoms with van der Waals surface area (Å²) in [6.45, 7) is -1.36. The number of carbonyl (C=O) groups is 3. The van der Waals surface area contributed by atoms with Gasteiger partial charge < -0.3 is 34.0 Å². The Morgan fingerprint density at radius 1 is 1.09 bits per heavy atom. The Balaban J connectivity index is 1.22. The van der Waals surface area contributed by atoms with Crippen molar-refractivity contribution >= 4 is 46.6 Å². The summed E-state index contributed by atoms with van der Waals surface area (Å²) in [4.78, 5) is 46.9. The molecule has 0 bridgehead atoms. The SMILES string of the molecule is Cn1c(-c2ccc(OC(F)F)c(F)c2Cl)cnc1C(=O)Nc1ccc(C(=O)N2CCN(C(=O)[C@@H]3C[C@@H](O)C[N+]3(C)C)CC2)c(Cl)c1. The van der Waals surface area contributed by atoms with Gasteiger partial charge in [-0.25, -0.2) is 9.37 Å². The first kappa shape index (κ1) is 33.5. The summed E-state index contributed by atoms with van der Waals surface area (Å²) in [7, 11) is 5.35. The number of halogens is 5. The molecule has 2 aliphatic heterocycles. The summed E-state index contributed by atoms with van der Waals surface area (Å²) in [5.41, 5.74) is 0.850. The van der Waals surface area contributed by atoms with Crippen molar-refractivity contribution in [1.29, 1.82) is 0 Å². The van der Waals surface area contributed by atoms with Gasteiger partial charge in [0.25, 0.3) is 17.7 Å². The molecule has 0 radical (unpaired) electrons. The van der Waals surface area contributed by atoms with Crippen LogP contribution in [0.5, 0.6) is 5.75 Å². The molecule has 246 valence electrons. The van der Waals surface area contributed by atoms with Crippen LogP contribution < -0.4 is 10.1 Å². The third-order valence-corrected chi connectivity index (χ3v) is 9.05. The van der Waals surface area contributed by atoms with Crippen molar-refractivity contribution < 1.29 is 41.9 Å². The Hall–Kier alpha value is -3.85. The second-order valence-electron chi connectivity index (χ2n) is 11.8. The Kier molecular flexibility index (Phi) is 9.55. The van der Waals surface area contributed by atoms with E-state index in [1.165, 1.54) is 42.1 Å². The van der Waals surface area contributed by atoms with Crippen LogP contribution in [0.15, 0.2) is 36.5 Å². The largest absolute Gasteiger partial charge is 0.432 e. The summed E-state index contributed by atoms with van der Waals surface area (Å²) < 4.78 is 45.5. The lowest BCUT2D eigenvalue weighted by molar-refractivity contribution is -0.894. The standard InChI is InChI=1S/C30H31Cl2F3N6O5/c1-38-21(19-6-7-23(46-30(34)35)25(33)24(19)32)14-36-26(38)27(43)37-16-4-5-18(20(31)12-16)28(44)39-8-10-40(11-9-39)29(45)22-13-17(42)15-41(22,2)3/h4-7,12,14,17,22,30,42H,8-11,13,15H2,1-3H3/p+1/t17-,22+/m1/s1. The number of aromatic nitrogens is 2. The molecule has 2 fully saturated rings. The number of nitrogens with zero attached hydrogens (tertiary/aromatic N) is 5. The van der Waals surface area contributed by atoms with Gasteiger partial charge in [0, 0.05) is 50.9 Å². The molecule has 3 amide bonds. The molecule has 0 unspecified atom stereocenters. The number of piperazine rings is 1. The highest BCUT2D eigenvalue weighted by Crippen LogP contribution is 2.36. The molecule has 5 rings (SSSR count). The van der Waals surface area contributed by atoms with Gasteiger partial charge in [-0.3, -0.25) is 14.4 Å². The highest BCUT2D eigenvalue weighted by Gasteiger charge is 2.46. The van der Waals surface area contributed by atoms with E-state index in [1.54, 1.807) is 9.80 Å². The monoisotopic (exact) mass is 683 g/mol. The number of likely N-dealkylation sites (tertiary alicyclic amines) is 1. The average Bonchev–Trinajstić information content (AvgIpc) is 3.51. The third-order valence-electron chi connectivity index (χ3n) is 8.37. The zero-order valence-electron chi connectivity index (χ0n) is 25.1. The van der Waals surface area contributed by atoms with Gasteiger partial charge in [-0.2, -0.15) is 8.78 Å². The van der Waals surface area contributed by atoms with E-state index in [0.29, 0.717) is 43.6 Å². The zero-order chi connectivity index (χ0) is 33.5. The van der Waals surface area contributed by atoms with E-state index in [9.17, 15) is 32.7 Å². The highest BCUT2D eigenvalue weighted by molar-refractivity contribution is 6.34. The van der Waals surface area contributed by atoms with Crippen molar-refractivity contribution in [2.75, 3.05) is 52.1 Å². The molecule has 0 spiro atoms. The number of aliphatic hydroxyl groups is 1. The summed E-state index contributed by atoms with van der Waals surface area (Å²) >= 11 is 12.5. The molecule has 2 saturated heterocycles. The van der Waals surface area contributed by atoms with Crippen molar-refractivity contribution in [2.24, 2.45) is 7.05 Å². The van der Waals surface area contributed by atoms with Crippen LogP contribution in [-0.2, 0) is 11.8 Å². The predicted molar refractivity (Wildman–Crippen MR) is 164 cm³/mol. The van der Waals surface area contributed by atoms with Crippen molar-refractivity contribution in [3.8, 4) is 17.0 Å². The lowest BCUT2D eigenvalue weighted by Crippen LogP contribution is -2.58. The van der Waals surface area contributed by atoms with Crippen molar-refractivity contribution in [1.82, 2.24) is 19.4 Å². The van der Waals surface area contributed by atoms with E-state index in [-0.39, 0.29) is 51.2 Å². The number of hydrogen-bond acceptors (Lipinski definition) is 6. The lowest BCUT2D eigenvalue weighted by atomic mass is 10.1. The molecule has 3 aromatic rings. The van der Waals surface area contributed by atoms with Gasteiger partial charge in [0.2, 0.25) is 0 Å². The molecular weight excluding hydrogens is 652 g/mol. The van der Waals surface area contributed by atoms with Gasteiger partial charge in [0.1, 0.15) is 12.6 Å². The highest BCUT2D eigenvalue weighted by atomic mass is 35.5. The van der Waals surface area contributed by atoms with Crippen molar-refractivity contribution in [2.45, 2.75) is 25.2 Å². The van der Waals surface area contributed by atoms with E-state index in [0.717, 1.165) is 6.07 Å². The van der Waals surface area contributed by atoms with Crippen molar-refractivity contribution in [3.63, 3.8) is 0 Å². The van der Waals surface area contributed by atoms with Gasteiger partial charge in [0.05, 0.1) is 41.6 Å². The van der Waals surface area contributed by atoms with Crippen LogP contribution in [-0.4, -0.2) is 112 Å². The fourth-order valence-corrected chi connectivity index (χ4v) is 6.45. The smallest absolute Gasteiger partial charge is 0.387 e. The number of rotatable bonds is 7. The van der Waals surface area contributed by atoms with Crippen LogP contribution in [0, 0.1) is 5.82 Å². The topological polar surface area (TPSA) is 117 Å². The molecule has 2 N–H and O–H groups in total. The number of nitrogens with one attached hydrogen (secondary N) is 1. The molecule has 1 aromatic heterocycles. The number of likely N-dealkylation sites (N-methyl/N-ethyl adjacent to an activating group) is 1. The number of quaternary nitrogens is 1. The average molecular weight is 685 g/mol. The number of anilines is 1. The lowest BCUT2D eigenvalue weighted by Gasteiger charge is -2.38. The first-order chi connectivity index (χ1) is 21.7. The number of alkyl halides is 2. The van der Waals surface area contributed by atoms with Crippen LogP contribution in [0.4, 0.5) is 18.9 Å². The molecule has 2 aliphatic rings. The minimum atomic E-state index is -3.23. The van der Waals surface area contributed by atoms with E-state index < -0.39 is 35.2 Å². The van der Waals surface area contributed by atoms with E-state index in [4.69, 9.17) is 23.2 Å². The third kappa shape index (κ3) is 6.66. The number of ether oxygens (including phenoxy) is 1. The van der Waals surface area contributed by atoms with Crippen LogP contribution in [0.2, 0.25) is 10.0 Å². The summed E-state index contributed by atoms with van der Waals surface area (Å²) in [6.07, 6.45) is 1.17. The molecule has 0 saturated carbocycles.